The average Bonchev–Trinajstić information content (AvgIpc) is 2.82. The van der Waals surface area contributed by atoms with E-state index in [1.165, 1.54) is 11.8 Å². The maximum Gasteiger partial charge on any atom is 0.278 e. The summed E-state index contributed by atoms with van der Waals surface area (Å²) in [6.07, 6.45) is 4.08. The number of aryl methyl sites for hydroxylation is 1. The van der Waals surface area contributed by atoms with Crippen LogP contribution in [0, 0.1) is 6.92 Å². The van der Waals surface area contributed by atoms with Gasteiger partial charge in [-0.1, -0.05) is 18.2 Å². The van der Waals surface area contributed by atoms with Gasteiger partial charge >= 0.3 is 0 Å². The first-order valence-corrected chi connectivity index (χ1v) is 5.94. The largest absolute Gasteiger partial charge is 0.306 e. The first-order valence-electron chi connectivity index (χ1n) is 5.94. The number of rotatable bonds is 1. The van der Waals surface area contributed by atoms with Crippen LogP contribution in [0.2, 0.25) is 0 Å². The fourth-order valence-electron chi connectivity index (χ4n) is 2.25. The summed E-state index contributed by atoms with van der Waals surface area (Å²) in [5.41, 5.74) is 3.37. The smallest absolute Gasteiger partial charge is 0.278 e. The Morgan fingerprint density at radius 2 is 2.11 bits per heavy atom. The van der Waals surface area contributed by atoms with Crippen LogP contribution in [0.3, 0.4) is 0 Å². The van der Waals surface area contributed by atoms with Crippen molar-refractivity contribution in [1.82, 2.24) is 9.97 Å². The average molecular weight is 239 g/mol. The Morgan fingerprint density at radius 1 is 1.28 bits per heavy atom. The molecular formula is C14H13N3O. The Kier molecular flexibility index (Phi) is 2.55. The molecule has 90 valence electrons. The number of nitrogens with zero attached hydrogens (tertiary/aromatic N) is 3. The summed E-state index contributed by atoms with van der Waals surface area (Å²) >= 11 is 0. The molecule has 0 spiro atoms. The molecule has 1 aliphatic heterocycles. The summed E-state index contributed by atoms with van der Waals surface area (Å²) in [6, 6.07) is 7.99. The van der Waals surface area contributed by atoms with Crippen molar-refractivity contribution in [3.8, 4) is 0 Å². The molecule has 4 nitrogen and oxygen atoms in total. The molecule has 0 saturated heterocycles. The standard InChI is InChI=1S/C14H13N3O/c1-10-8-15-9-12(16-10)14(18)17-7-6-11-4-2-3-5-13(11)17/h2-5,8-9H,6-7H2,1H3. The molecule has 0 fully saturated rings. The Balaban J connectivity index is 1.96. The summed E-state index contributed by atoms with van der Waals surface area (Å²) < 4.78 is 0. The van der Waals surface area contributed by atoms with Crippen LogP contribution in [0.25, 0.3) is 0 Å². The van der Waals surface area contributed by atoms with Crippen LogP contribution in [0.15, 0.2) is 36.7 Å². The predicted octanol–water partition coefficient (Wildman–Crippen LogP) is 1.99. The Morgan fingerprint density at radius 3 is 2.94 bits per heavy atom. The Hall–Kier alpha value is -2.23. The van der Waals surface area contributed by atoms with Crippen molar-refractivity contribution in [3.05, 3.63) is 53.6 Å². The lowest BCUT2D eigenvalue weighted by Gasteiger charge is -2.16. The SMILES string of the molecule is Cc1cncc(C(=O)N2CCc3ccccc32)n1. The first-order chi connectivity index (χ1) is 8.75. The molecule has 0 N–H and O–H groups in total. The number of para-hydroxylation sites is 1. The summed E-state index contributed by atoms with van der Waals surface area (Å²) in [4.78, 5) is 22.4. The van der Waals surface area contributed by atoms with Crippen LogP contribution >= 0.6 is 0 Å². The molecule has 0 unspecified atom stereocenters. The Labute approximate surface area is 105 Å². The van der Waals surface area contributed by atoms with Gasteiger partial charge in [0.25, 0.3) is 5.91 Å². The van der Waals surface area contributed by atoms with Crippen LogP contribution < -0.4 is 4.90 Å². The molecule has 1 amide bonds. The van der Waals surface area contributed by atoms with Gasteiger partial charge < -0.3 is 4.90 Å². The topological polar surface area (TPSA) is 46.1 Å². The minimum Gasteiger partial charge on any atom is -0.306 e. The molecule has 0 radical (unpaired) electrons. The number of hydrogen-bond donors (Lipinski definition) is 0. The molecule has 1 aliphatic rings. The number of anilines is 1. The van der Waals surface area contributed by atoms with Gasteiger partial charge in [0.1, 0.15) is 5.69 Å². The molecule has 0 atom stereocenters. The van der Waals surface area contributed by atoms with Crippen molar-refractivity contribution in [2.24, 2.45) is 0 Å². The van der Waals surface area contributed by atoms with E-state index in [4.69, 9.17) is 0 Å². The van der Waals surface area contributed by atoms with Gasteiger partial charge in [0.15, 0.2) is 0 Å². The second kappa shape index (κ2) is 4.22. The van der Waals surface area contributed by atoms with Crippen molar-refractivity contribution in [1.29, 1.82) is 0 Å². The van der Waals surface area contributed by atoms with E-state index in [0.29, 0.717) is 12.2 Å². The highest BCUT2D eigenvalue weighted by Crippen LogP contribution is 2.28. The van der Waals surface area contributed by atoms with E-state index in [1.54, 1.807) is 11.1 Å². The van der Waals surface area contributed by atoms with Crippen LogP contribution in [-0.2, 0) is 6.42 Å². The van der Waals surface area contributed by atoms with E-state index in [-0.39, 0.29) is 5.91 Å². The Bertz CT molecular complexity index is 609. The maximum atomic E-state index is 12.4. The fourth-order valence-corrected chi connectivity index (χ4v) is 2.25. The fraction of sp³-hybridized carbons (Fsp3) is 0.214. The molecule has 4 heteroatoms. The second-order valence-corrected chi connectivity index (χ2v) is 4.38. The molecule has 3 rings (SSSR count). The van der Waals surface area contributed by atoms with Gasteiger partial charge in [-0.15, -0.1) is 0 Å². The van der Waals surface area contributed by atoms with E-state index in [2.05, 4.69) is 16.0 Å². The molecule has 1 aromatic heterocycles. The number of carbonyl (C=O) groups is 1. The van der Waals surface area contributed by atoms with Crippen molar-refractivity contribution >= 4 is 11.6 Å². The second-order valence-electron chi connectivity index (χ2n) is 4.38. The molecule has 0 saturated carbocycles. The number of benzene rings is 1. The lowest BCUT2D eigenvalue weighted by Crippen LogP contribution is -2.29. The number of hydrogen-bond acceptors (Lipinski definition) is 3. The minimum atomic E-state index is -0.0730. The van der Waals surface area contributed by atoms with Crippen LogP contribution in [0.4, 0.5) is 5.69 Å². The molecule has 2 aromatic rings. The highest BCUT2D eigenvalue weighted by molar-refractivity contribution is 6.05. The molecule has 0 bridgehead atoms. The minimum absolute atomic E-state index is 0.0730. The number of aromatic nitrogens is 2. The molecule has 0 aliphatic carbocycles. The quantitative estimate of drug-likeness (QED) is 0.764. The number of carbonyl (C=O) groups excluding carboxylic acids is 1. The predicted molar refractivity (Wildman–Crippen MR) is 68.6 cm³/mol. The van der Waals surface area contributed by atoms with Crippen LogP contribution in [0.1, 0.15) is 21.7 Å². The zero-order chi connectivity index (χ0) is 12.5. The van der Waals surface area contributed by atoms with Crippen LogP contribution in [-0.4, -0.2) is 22.4 Å². The molecule has 2 heterocycles. The van der Waals surface area contributed by atoms with Crippen molar-refractivity contribution in [2.45, 2.75) is 13.3 Å². The van der Waals surface area contributed by atoms with Gasteiger partial charge in [-0.05, 0) is 25.0 Å². The van der Waals surface area contributed by atoms with E-state index in [1.807, 2.05) is 25.1 Å². The highest BCUT2D eigenvalue weighted by Gasteiger charge is 2.25. The third-order valence-electron chi connectivity index (χ3n) is 3.11. The number of amides is 1. The molecule has 1 aromatic carbocycles. The number of fused-ring (bicyclic) bond motifs is 1. The monoisotopic (exact) mass is 239 g/mol. The zero-order valence-corrected chi connectivity index (χ0v) is 10.1. The third-order valence-corrected chi connectivity index (χ3v) is 3.11. The van der Waals surface area contributed by atoms with Gasteiger partial charge in [0, 0.05) is 18.4 Å². The molecular weight excluding hydrogens is 226 g/mol. The van der Waals surface area contributed by atoms with Gasteiger partial charge in [0.05, 0.1) is 11.9 Å². The van der Waals surface area contributed by atoms with E-state index in [0.717, 1.165) is 17.8 Å². The van der Waals surface area contributed by atoms with Crippen molar-refractivity contribution < 1.29 is 4.79 Å². The zero-order valence-electron chi connectivity index (χ0n) is 10.1. The molecule has 18 heavy (non-hydrogen) atoms. The van der Waals surface area contributed by atoms with Gasteiger partial charge in [-0.3, -0.25) is 9.78 Å². The lowest BCUT2D eigenvalue weighted by molar-refractivity contribution is 0.0984. The first kappa shape index (κ1) is 10.9. The van der Waals surface area contributed by atoms with E-state index in [9.17, 15) is 4.79 Å². The lowest BCUT2D eigenvalue weighted by atomic mass is 10.2. The normalized spacial score (nSPS) is 13.5. The van der Waals surface area contributed by atoms with E-state index >= 15 is 0 Å². The van der Waals surface area contributed by atoms with Crippen LogP contribution in [0.5, 0.6) is 0 Å². The van der Waals surface area contributed by atoms with Gasteiger partial charge in [-0.2, -0.15) is 0 Å². The van der Waals surface area contributed by atoms with Crippen molar-refractivity contribution in [2.75, 3.05) is 11.4 Å². The maximum absolute atomic E-state index is 12.4. The third kappa shape index (κ3) is 1.76. The van der Waals surface area contributed by atoms with E-state index < -0.39 is 0 Å². The summed E-state index contributed by atoms with van der Waals surface area (Å²) in [6.45, 7) is 2.55. The summed E-state index contributed by atoms with van der Waals surface area (Å²) in [7, 11) is 0. The summed E-state index contributed by atoms with van der Waals surface area (Å²) in [5.74, 6) is -0.0730. The van der Waals surface area contributed by atoms with Gasteiger partial charge in [0.2, 0.25) is 0 Å². The highest BCUT2D eigenvalue weighted by atomic mass is 16.2. The van der Waals surface area contributed by atoms with Crippen molar-refractivity contribution in [3.63, 3.8) is 0 Å². The van der Waals surface area contributed by atoms with Gasteiger partial charge in [-0.25, -0.2) is 4.98 Å². The summed E-state index contributed by atoms with van der Waals surface area (Å²) in [5, 5.41) is 0.